The van der Waals surface area contributed by atoms with Crippen LogP contribution >= 0.6 is 0 Å². The van der Waals surface area contributed by atoms with Gasteiger partial charge in [-0.15, -0.1) is 0 Å². The third-order valence-electron chi connectivity index (χ3n) is 4.62. The molecule has 0 radical (unpaired) electrons. The van der Waals surface area contributed by atoms with Gasteiger partial charge < -0.3 is 9.73 Å². The molecule has 1 aliphatic rings. The molecular formula is C18H14F3N5O2. The summed E-state index contributed by atoms with van der Waals surface area (Å²) in [7, 11) is 0. The van der Waals surface area contributed by atoms with E-state index in [4.69, 9.17) is 11.0 Å². The van der Waals surface area contributed by atoms with Gasteiger partial charge in [-0.3, -0.25) is 4.79 Å². The van der Waals surface area contributed by atoms with Crippen molar-refractivity contribution in [1.82, 2.24) is 19.9 Å². The van der Waals surface area contributed by atoms with Crippen molar-refractivity contribution in [3.8, 4) is 11.5 Å². The van der Waals surface area contributed by atoms with Crippen molar-refractivity contribution in [2.75, 3.05) is 0 Å². The van der Waals surface area contributed by atoms with Crippen molar-refractivity contribution >= 4 is 17.2 Å². The van der Waals surface area contributed by atoms with E-state index in [0.29, 0.717) is 24.2 Å². The lowest BCUT2D eigenvalue weighted by Gasteiger charge is -2.20. The van der Waals surface area contributed by atoms with E-state index in [-0.39, 0.29) is 22.7 Å². The summed E-state index contributed by atoms with van der Waals surface area (Å²) in [5.41, 5.74) is 1.14. The first-order valence-corrected chi connectivity index (χ1v) is 8.48. The highest BCUT2D eigenvalue weighted by Gasteiger charge is 2.49. The molecule has 1 amide bonds. The highest BCUT2D eigenvalue weighted by atomic mass is 19.4. The van der Waals surface area contributed by atoms with Gasteiger partial charge in [-0.25, -0.2) is 14.3 Å². The molecule has 3 aromatic rings. The molecule has 0 saturated heterocycles. The second-order valence-electron chi connectivity index (χ2n) is 6.65. The Morgan fingerprint density at radius 2 is 2.21 bits per heavy atom. The Hall–Kier alpha value is -3.35. The number of nitrogens with one attached hydrogen (secondary N) is 1. The van der Waals surface area contributed by atoms with Gasteiger partial charge in [0.05, 0.1) is 24.7 Å². The van der Waals surface area contributed by atoms with Crippen LogP contribution in [0.2, 0.25) is 0 Å². The van der Waals surface area contributed by atoms with Gasteiger partial charge in [-0.1, -0.05) is 0 Å². The number of halogens is 3. The van der Waals surface area contributed by atoms with Gasteiger partial charge in [0.25, 0.3) is 5.91 Å². The van der Waals surface area contributed by atoms with Crippen LogP contribution in [0.3, 0.4) is 0 Å². The number of carbonyl (C=O) groups is 1. The van der Waals surface area contributed by atoms with Crippen LogP contribution < -0.4 is 5.32 Å². The topological polar surface area (TPSA) is 76.8 Å². The molecule has 1 aliphatic carbocycles. The summed E-state index contributed by atoms with van der Waals surface area (Å²) < 4.78 is 46.4. The molecule has 3 aromatic heterocycles. The Morgan fingerprint density at radius 3 is 2.86 bits per heavy atom. The molecule has 0 spiro atoms. The molecule has 144 valence electrons. The normalized spacial score (nSPS) is 15.4. The van der Waals surface area contributed by atoms with Crippen LogP contribution in [0.5, 0.6) is 0 Å². The summed E-state index contributed by atoms with van der Waals surface area (Å²) in [5, 5.41) is 6.14. The second kappa shape index (κ2) is 6.37. The molecule has 28 heavy (non-hydrogen) atoms. The molecule has 1 saturated carbocycles. The smallest absolute Gasteiger partial charge is 0.408 e. The van der Waals surface area contributed by atoms with Gasteiger partial charge in [0.1, 0.15) is 11.6 Å². The molecule has 1 atom stereocenters. The van der Waals surface area contributed by atoms with E-state index in [9.17, 15) is 18.0 Å². The maximum atomic E-state index is 13.2. The second-order valence-corrected chi connectivity index (χ2v) is 6.65. The number of rotatable bonds is 4. The SMILES string of the molecule is [C-]#[N+]c1ccoc1-c1cc(C)n2ncc(C(=O)NC(C3CC3)C(F)(F)F)c2n1. The van der Waals surface area contributed by atoms with E-state index in [1.54, 1.807) is 13.0 Å². The largest absolute Gasteiger partial charge is 0.475 e. The highest BCUT2D eigenvalue weighted by molar-refractivity contribution is 6.00. The minimum absolute atomic E-state index is 0.0734. The molecule has 3 heterocycles. The number of fused-ring (bicyclic) bond motifs is 1. The summed E-state index contributed by atoms with van der Waals surface area (Å²) in [4.78, 5) is 20.2. The van der Waals surface area contributed by atoms with Crippen molar-refractivity contribution in [2.24, 2.45) is 5.92 Å². The molecule has 1 unspecified atom stereocenters. The maximum Gasteiger partial charge on any atom is 0.408 e. The monoisotopic (exact) mass is 389 g/mol. The molecule has 7 nitrogen and oxygen atoms in total. The number of hydrogen-bond donors (Lipinski definition) is 1. The number of amides is 1. The number of carbonyl (C=O) groups excluding carboxylic acids is 1. The van der Waals surface area contributed by atoms with Crippen LogP contribution in [0.1, 0.15) is 28.9 Å². The number of alkyl halides is 3. The highest BCUT2D eigenvalue weighted by Crippen LogP contribution is 2.40. The van der Waals surface area contributed by atoms with Crippen molar-refractivity contribution < 1.29 is 22.4 Å². The number of hydrogen-bond acceptors (Lipinski definition) is 4. The Morgan fingerprint density at radius 1 is 1.46 bits per heavy atom. The van der Waals surface area contributed by atoms with Gasteiger partial charge in [0.2, 0.25) is 5.69 Å². The van der Waals surface area contributed by atoms with Gasteiger partial charge in [0.15, 0.2) is 11.4 Å². The maximum absolute atomic E-state index is 13.2. The summed E-state index contributed by atoms with van der Waals surface area (Å²) in [5.74, 6) is -1.27. The van der Waals surface area contributed by atoms with Gasteiger partial charge in [-0.2, -0.15) is 18.3 Å². The van der Waals surface area contributed by atoms with E-state index < -0.39 is 24.0 Å². The quantitative estimate of drug-likeness (QED) is 0.686. The molecule has 1 fully saturated rings. The number of nitrogens with zero attached hydrogens (tertiary/aromatic N) is 4. The lowest BCUT2D eigenvalue weighted by atomic mass is 10.1. The molecular weight excluding hydrogens is 375 g/mol. The van der Waals surface area contributed by atoms with Crippen molar-refractivity contribution in [2.45, 2.75) is 32.0 Å². The summed E-state index contributed by atoms with van der Waals surface area (Å²) >= 11 is 0. The average molecular weight is 389 g/mol. The Labute approximate surface area is 157 Å². The van der Waals surface area contributed by atoms with Crippen LogP contribution in [0, 0.1) is 19.4 Å². The predicted molar refractivity (Wildman–Crippen MR) is 91.7 cm³/mol. The van der Waals surface area contributed by atoms with E-state index in [1.165, 1.54) is 23.0 Å². The third kappa shape index (κ3) is 3.09. The first-order chi connectivity index (χ1) is 13.3. The Bertz CT molecular complexity index is 1100. The fraction of sp³-hybridized carbons (Fsp3) is 0.333. The first kappa shape index (κ1) is 18.0. The molecule has 0 bridgehead atoms. The number of aromatic nitrogens is 3. The van der Waals surface area contributed by atoms with Crippen LogP contribution in [-0.2, 0) is 0 Å². The zero-order chi connectivity index (χ0) is 20.1. The van der Waals surface area contributed by atoms with E-state index in [1.807, 2.05) is 0 Å². The Kier molecular flexibility index (Phi) is 4.10. The molecule has 10 heteroatoms. The Balaban J connectivity index is 1.74. The minimum atomic E-state index is -4.52. The standard InChI is InChI=1S/C18H14F3N5O2/c1-9-7-13(14-12(22-2)5-6-28-14)24-16-11(8-23-26(9)16)17(27)25-15(10-3-4-10)18(19,20)21/h5-8,10,15H,3-4H2,1H3,(H,25,27). The zero-order valence-corrected chi connectivity index (χ0v) is 14.6. The fourth-order valence-corrected chi connectivity index (χ4v) is 3.09. The molecule has 1 N–H and O–H groups in total. The first-order valence-electron chi connectivity index (χ1n) is 8.48. The fourth-order valence-electron chi connectivity index (χ4n) is 3.09. The minimum Gasteiger partial charge on any atom is -0.475 e. The summed E-state index contributed by atoms with van der Waals surface area (Å²) in [6, 6.07) is 1.22. The van der Waals surface area contributed by atoms with Crippen molar-refractivity contribution in [3.05, 3.63) is 47.3 Å². The van der Waals surface area contributed by atoms with E-state index in [2.05, 4.69) is 20.2 Å². The molecule has 0 aromatic carbocycles. The van der Waals surface area contributed by atoms with Crippen molar-refractivity contribution in [1.29, 1.82) is 0 Å². The van der Waals surface area contributed by atoms with Gasteiger partial charge >= 0.3 is 6.18 Å². The zero-order valence-electron chi connectivity index (χ0n) is 14.6. The predicted octanol–water partition coefficient (Wildman–Crippen LogP) is 3.92. The van der Waals surface area contributed by atoms with E-state index >= 15 is 0 Å². The van der Waals surface area contributed by atoms with Gasteiger partial charge in [-0.05, 0) is 37.8 Å². The molecule has 4 rings (SSSR count). The molecule has 0 aliphatic heterocycles. The summed E-state index contributed by atoms with van der Waals surface area (Å²) in [6.07, 6.45) is -1.13. The van der Waals surface area contributed by atoms with Crippen LogP contribution in [0.25, 0.3) is 21.9 Å². The van der Waals surface area contributed by atoms with Gasteiger partial charge in [0, 0.05) is 5.69 Å². The van der Waals surface area contributed by atoms with Crippen LogP contribution in [0.4, 0.5) is 18.9 Å². The number of furan rings is 1. The average Bonchev–Trinajstić information content (AvgIpc) is 3.18. The van der Waals surface area contributed by atoms with Crippen molar-refractivity contribution in [3.63, 3.8) is 0 Å². The van der Waals surface area contributed by atoms with E-state index in [0.717, 1.165) is 0 Å². The third-order valence-corrected chi connectivity index (χ3v) is 4.62. The number of aryl methyl sites for hydroxylation is 1. The van der Waals surface area contributed by atoms with Crippen LogP contribution in [-0.4, -0.2) is 32.7 Å². The lowest BCUT2D eigenvalue weighted by Crippen LogP contribution is -2.46. The summed E-state index contributed by atoms with van der Waals surface area (Å²) in [6.45, 7) is 8.88. The van der Waals surface area contributed by atoms with Crippen LogP contribution in [0.15, 0.2) is 29.0 Å². The lowest BCUT2D eigenvalue weighted by molar-refractivity contribution is -0.158.